The number of amides is 2. The van der Waals surface area contributed by atoms with Crippen LogP contribution in [-0.4, -0.2) is 34.8 Å². The van der Waals surface area contributed by atoms with Crippen molar-refractivity contribution in [1.82, 2.24) is 15.1 Å². The lowest BCUT2D eigenvalue weighted by Crippen LogP contribution is -2.41. The molecule has 0 spiro atoms. The van der Waals surface area contributed by atoms with Crippen molar-refractivity contribution in [2.24, 2.45) is 0 Å². The van der Waals surface area contributed by atoms with Gasteiger partial charge < -0.3 is 15.0 Å². The summed E-state index contributed by atoms with van der Waals surface area (Å²) >= 11 is 0. The highest BCUT2D eigenvalue weighted by atomic mass is 16.5. The number of methoxy groups -OCH3 is 1. The minimum Gasteiger partial charge on any atom is -0.497 e. The molecule has 6 nitrogen and oxygen atoms in total. The lowest BCUT2D eigenvalue weighted by Gasteiger charge is -2.35. The monoisotopic (exact) mass is 300 g/mol. The van der Waals surface area contributed by atoms with Crippen LogP contribution < -0.4 is 10.1 Å². The second-order valence-corrected chi connectivity index (χ2v) is 5.40. The number of rotatable bonds is 3. The van der Waals surface area contributed by atoms with Crippen LogP contribution in [0.4, 0.5) is 10.5 Å². The van der Waals surface area contributed by atoms with Gasteiger partial charge in [-0.3, -0.25) is 5.10 Å². The molecule has 2 aromatic rings. The zero-order chi connectivity index (χ0) is 15.4. The average Bonchev–Trinajstić information content (AvgIpc) is 3.09. The fourth-order valence-corrected chi connectivity index (χ4v) is 2.86. The molecule has 2 amide bonds. The number of nitrogens with zero attached hydrogens (tertiary/aromatic N) is 2. The van der Waals surface area contributed by atoms with Gasteiger partial charge in [0, 0.05) is 30.1 Å². The molecule has 1 aliphatic heterocycles. The Morgan fingerprint density at radius 1 is 1.45 bits per heavy atom. The van der Waals surface area contributed by atoms with Crippen molar-refractivity contribution in [3.63, 3.8) is 0 Å². The molecule has 1 saturated heterocycles. The molecular formula is C16H20N4O2. The maximum absolute atomic E-state index is 12.6. The standard InChI is InChI=1S/C16H20N4O2/c1-22-14-6-4-5-13(9-14)19-16(21)20-8-3-2-7-15(20)12-10-17-18-11-12/h4-6,9-11,15H,2-3,7-8H2,1H3,(H,17,18)(H,19,21)/t15-/m0/s1. The smallest absolute Gasteiger partial charge is 0.322 e. The highest BCUT2D eigenvalue weighted by Crippen LogP contribution is 2.31. The van der Waals surface area contributed by atoms with Crippen LogP contribution in [0.1, 0.15) is 30.9 Å². The summed E-state index contributed by atoms with van der Waals surface area (Å²) in [6.07, 6.45) is 6.77. The molecular weight excluding hydrogens is 280 g/mol. The van der Waals surface area contributed by atoms with Crippen LogP contribution in [0.25, 0.3) is 0 Å². The average molecular weight is 300 g/mol. The quantitative estimate of drug-likeness (QED) is 0.914. The number of benzene rings is 1. The molecule has 0 aliphatic carbocycles. The Morgan fingerprint density at radius 2 is 2.36 bits per heavy atom. The number of piperidine rings is 1. The Morgan fingerprint density at radius 3 is 3.14 bits per heavy atom. The van der Waals surface area contributed by atoms with E-state index in [1.807, 2.05) is 35.4 Å². The first kappa shape index (κ1) is 14.4. The minimum absolute atomic E-state index is 0.0816. The summed E-state index contributed by atoms with van der Waals surface area (Å²) in [5.41, 5.74) is 1.79. The number of hydrogen-bond donors (Lipinski definition) is 2. The zero-order valence-electron chi connectivity index (χ0n) is 12.6. The van der Waals surface area contributed by atoms with Gasteiger partial charge in [0.2, 0.25) is 0 Å². The maximum atomic E-state index is 12.6. The van der Waals surface area contributed by atoms with Crippen LogP contribution in [0.2, 0.25) is 0 Å². The van der Waals surface area contributed by atoms with Gasteiger partial charge in [0.05, 0.1) is 19.3 Å². The first-order valence-corrected chi connectivity index (χ1v) is 7.48. The van der Waals surface area contributed by atoms with Crippen LogP contribution in [0.3, 0.4) is 0 Å². The molecule has 1 aromatic carbocycles. The number of aromatic nitrogens is 2. The van der Waals surface area contributed by atoms with Gasteiger partial charge in [-0.05, 0) is 31.4 Å². The van der Waals surface area contributed by atoms with E-state index in [1.54, 1.807) is 13.3 Å². The summed E-state index contributed by atoms with van der Waals surface area (Å²) in [5.74, 6) is 0.725. The molecule has 1 fully saturated rings. The first-order chi connectivity index (χ1) is 10.8. The number of nitrogens with one attached hydrogen (secondary N) is 2. The van der Waals surface area contributed by atoms with Gasteiger partial charge in [-0.15, -0.1) is 0 Å². The number of H-pyrrole nitrogens is 1. The number of likely N-dealkylation sites (tertiary alicyclic amines) is 1. The fraction of sp³-hybridized carbons (Fsp3) is 0.375. The van der Waals surface area contributed by atoms with Crippen LogP contribution in [0.5, 0.6) is 5.75 Å². The summed E-state index contributed by atoms with van der Waals surface area (Å²) in [5, 5.41) is 9.78. The molecule has 1 aliphatic rings. The van der Waals surface area contributed by atoms with Crippen molar-refractivity contribution < 1.29 is 9.53 Å². The van der Waals surface area contributed by atoms with E-state index in [0.29, 0.717) is 0 Å². The van der Waals surface area contributed by atoms with E-state index < -0.39 is 0 Å². The molecule has 1 aromatic heterocycles. The van der Waals surface area contributed by atoms with Crippen molar-refractivity contribution >= 4 is 11.7 Å². The topological polar surface area (TPSA) is 70.2 Å². The van der Waals surface area contributed by atoms with E-state index in [4.69, 9.17) is 4.74 Å². The molecule has 3 rings (SSSR count). The van der Waals surface area contributed by atoms with Crippen LogP contribution in [-0.2, 0) is 0 Å². The fourth-order valence-electron chi connectivity index (χ4n) is 2.86. The Kier molecular flexibility index (Phi) is 4.27. The van der Waals surface area contributed by atoms with E-state index in [0.717, 1.165) is 42.8 Å². The molecule has 2 N–H and O–H groups in total. The Balaban J connectivity index is 1.74. The summed E-state index contributed by atoms with van der Waals surface area (Å²) in [6, 6.07) is 7.38. The molecule has 22 heavy (non-hydrogen) atoms. The molecule has 0 saturated carbocycles. The number of hydrogen-bond acceptors (Lipinski definition) is 3. The molecule has 2 heterocycles. The van der Waals surface area contributed by atoms with Crippen LogP contribution in [0.15, 0.2) is 36.7 Å². The van der Waals surface area contributed by atoms with E-state index in [2.05, 4.69) is 15.5 Å². The van der Waals surface area contributed by atoms with Crippen molar-refractivity contribution in [2.45, 2.75) is 25.3 Å². The zero-order valence-corrected chi connectivity index (χ0v) is 12.6. The third-order valence-corrected chi connectivity index (χ3v) is 3.99. The predicted molar refractivity (Wildman–Crippen MR) is 83.9 cm³/mol. The molecule has 0 bridgehead atoms. The largest absolute Gasteiger partial charge is 0.497 e. The van der Waals surface area contributed by atoms with Gasteiger partial charge in [-0.25, -0.2) is 4.79 Å². The van der Waals surface area contributed by atoms with Gasteiger partial charge in [0.25, 0.3) is 0 Å². The number of anilines is 1. The highest BCUT2D eigenvalue weighted by Gasteiger charge is 2.28. The number of carbonyl (C=O) groups is 1. The van der Waals surface area contributed by atoms with Gasteiger partial charge in [0.15, 0.2) is 0 Å². The summed E-state index contributed by atoms with van der Waals surface area (Å²) in [4.78, 5) is 14.5. The lowest BCUT2D eigenvalue weighted by atomic mass is 9.98. The Bertz CT molecular complexity index is 627. The molecule has 6 heteroatoms. The molecule has 116 valence electrons. The second-order valence-electron chi connectivity index (χ2n) is 5.40. The summed E-state index contributed by atoms with van der Waals surface area (Å²) in [7, 11) is 1.61. The van der Waals surface area contributed by atoms with Crippen molar-refractivity contribution in [3.8, 4) is 5.75 Å². The number of urea groups is 1. The Hall–Kier alpha value is -2.50. The van der Waals surface area contributed by atoms with Gasteiger partial charge in [0.1, 0.15) is 5.75 Å². The van der Waals surface area contributed by atoms with E-state index in [-0.39, 0.29) is 12.1 Å². The number of ether oxygens (including phenoxy) is 1. The van der Waals surface area contributed by atoms with Gasteiger partial charge in [-0.2, -0.15) is 5.10 Å². The molecule has 1 atom stereocenters. The summed E-state index contributed by atoms with van der Waals surface area (Å²) in [6.45, 7) is 0.756. The summed E-state index contributed by atoms with van der Waals surface area (Å²) < 4.78 is 5.18. The number of aromatic amines is 1. The highest BCUT2D eigenvalue weighted by molar-refractivity contribution is 5.89. The predicted octanol–water partition coefficient (Wildman–Crippen LogP) is 3.18. The SMILES string of the molecule is COc1cccc(NC(=O)N2CCCC[C@H]2c2cn[nH]c2)c1. The van der Waals surface area contributed by atoms with Gasteiger partial charge in [-0.1, -0.05) is 6.07 Å². The molecule has 0 radical (unpaired) electrons. The first-order valence-electron chi connectivity index (χ1n) is 7.48. The van der Waals surface area contributed by atoms with Gasteiger partial charge >= 0.3 is 6.03 Å². The van der Waals surface area contributed by atoms with Crippen molar-refractivity contribution in [1.29, 1.82) is 0 Å². The van der Waals surface area contributed by atoms with Crippen LogP contribution in [0, 0.1) is 0 Å². The van der Waals surface area contributed by atoms with Crippen molar-refractivity contribution in [2.75, 3.05) is 19.0 Å². The van der Waals surface area contributed by atoms with Crippen molar-refractivity contribution in [3.05, 3.63) is 42.2 Å². The van der Waals surface area contributed by atoms with Crippen LogP contribution >= 0.6 is 0 Å². The van der Waals surface area contributed by atoms with E-state index in [1.165, 1.54) is 0 Å². The molecule has 0 unspecified atom stereocenters. The third-order valence-electron chi connectivity index (χ3n) is 3.99. The third kappa shape index (κ3) is 3.05. The second kappa shape index (κ2) is 6.51. The lowest BCUT2D eigenvalue weighted by molar-refractivity contribution is 0.163. The van der Waals surface area contributed by atoms with E-state index in [9.17, 15) is 4.79 Å². The maximum Gasteiger partial charge on any atom is 0.322 e. The Labute approximate surface area is 129 Å². The van der Waals surface area contributed by atoms with E-state index >= 15 is 0 Å². The normalized spacial score (nSPS) is 18.0. The minimum atomic E-state index is -0.0841. The number of carbonyl (C=O) groups excluding carboxylic acids is 1.